The van der Waals surface area contributed by atoms with Crippen LogP contribution in [0, 0.1) is 29.7 Å². The van der Waals surface area contributed by atoms with Gasteiger partial charge in [0.15, 0.2) is 17.9 Å². The van der Waals surface area contributed by atoms with Gasteiger partial charge in [-0.1, -0.05) is 74.6 Å². The molecule has 2 aliphatic rings. The van der Waals surface area contributed by atoms with Crippen molar-refractivity contribution in [3.63, 3.8) is 0 Å². The van der Waals surface area contributed by atoms with Gasteiger partial charge in [-0.05, 0) is 73.9 Å². The SMILES string of the molecule is COc1ccc(C[C@H](NC(=O)[C@H](C)NC(=O)[C@H](CCc2ccccc2)NC(=O)C[N+]2([O-])CCOCC2)C(=O)N[C@@H](CC2CCCCC2)CS(=O)(=O)Oc2c(F)cc3c(C)cc(=O)oc3c2F)cc1. The highest BCUT2D eigenvalue weighted by Gasteiger charge is 2.34. The van der Waals surface area contributed by atoms with Crippen molar-refractivity contribution in [3.05, 3.63) is 111 Å². The Morgan fingerprint density at radius 1 is 0.868 bits per heavy atom. The van der Waals surface area contributed by atoms with E-state index in [2.05, 4.69) is 21.3 Å². The van der Waals surface area contributed by atoms with Crippen molar-refractivity contribution in [3.8, 4) is 11.5 Å². The monoisotopic (exact) mass is 967 g/mol. The van der Waals surface area contributed by atoms with Gasteiger partial charge in [-0.15, -0.1) is 0 Å². The summed E-state index contributed by atoms with van der Waals surface area (Å²) in [6, 6.07) is 12.8. The number of fused-ring (bicyclic) bond motifs is 1. The summed E-state index contributed by atoms with van der Waals surface area (Å²) in [5.74, 6) is -7.55. The van der Waals surface area contributed by atoms with Crippen LogP contribution in [-0.2, 0) is 46.9 Å². The van der Waals surface area contributed by atoms with Crippen LogP contribution in [0.5, 0.6) is 11.5 Å². The minimum atomic E-state index is -4.88. The molecule has 1 aromatic heterocycles. The van der Waals surface area contributed by atoms with Crippen molar-refractivity contribution >= 4 is 44.7 Å². The van der Waals surface area contributed by atoms with E-state index in [4.69, 9.17) is 18.1 Å². The van der Waals surface area contributed by atoms with E-state index in [1.54, 1.807) is 24.3 Å². The Balaban J connectivity index is 1.20. The molecule has 17 nitrogen and oxygen atoms in total. The van der Waals surface area contributed by atoms with E-state index < -0.39 is 103 Å². The summed E-state index contributed by atoms with van der Waals surface area (Å²) >= 11 is 0. The van der Waals surface area contributed by atoms with Gasteiger partial charge < -0.3 is 49.2 Å². The molecule has 3 aromatic carbocycles. The summed E-state index contributed by atoms with van der Waals surface area (Å²) in [6.07, 6.45) is 4.75. The van der Waals surface area contributed by atoms with Crippen LogP contribution in [0.1, 0.15) is 68.6 Å². The number of carbonyl (C=O) groups is 4. The number of methoxy groups -OCH3 is 1. The highest BCUT2D eigenvalue weighted by Crippen LogP contribution is 2.33. The van der Waals surface area contributed by atoms with Crippen molar-refractivity contribution < 1.29 is 59.1 Å². The summed E-state index contributed by atoms with van der Waals surface area (Å²) in [5.41, 5.74) is 0.0285. The zero-order valence-corrected chi connectivity index (χ0v) is 39.2. The number of hydrogen-bond donors (Lipinski definition) is 4. The number of halogens is 2. The highest BCUT2D eigenvalue weighted by atomic mass is 32.2. The van der Waals surface area contributed by atoms with Crippen LogP contribution < -0.4 is 35.8 Å². The molecule has 4 aromatic rings. The molecule has 1 saturated carbocycles. The fourth-order valence-corrected chi connectivity index (χ4v) is 9.77. The molecule has 4 amide bonds. The predicted molar refractivity (Wildman–Crippen MR) is 247 cm³/mol. The van der Waals surface area contributed by atoms with Gasteiger partial charge in [-0.25, -0.2) is 9.18 Å². The number of carbonyl (C=O) groups excluding carboxylic acids is 4. The second-order valence-electron chi connectivity index (χ2n) is 17.6. The molecule has 4 atom stereocenters. The van der Waals surface area contributed by atoms with E-state index in [9.17, 15) is 37.6 Å². The Bertz CT molecular complexity index is 2570. The third kappa shape index (κ3) is 14.5. The van der Waals surface area contributed by atoms with Crippen LogP contribution in [0.25, 0.3) is 11.0 Å². The van der Waals surface area contributed by atoms with Gasteiger partial charge in [0.2, 0.25) is 29.3 Å². The maximum Gasteiger partial charge on any atom is 0.336 e. The number of morpholine rings is 1. The maximum absolute atomic E-state index is 15.6. The van der Waals surface area contributed by atoms with Gasteiger partial charge in [0, 0.05) is 23.9 Å². The number of rotatable bonds is 21. The molecule has 1 saturated heterocycles. The van der Waals surface area contributed by atoms with E-state index in [-0.39, 0.29) is 62.4 Å². The van der Waals surface area contributed by atoms with Crippen molar-refractivity contribution in [2.75, 3.05) is 45.7 Å². The number of amides is 4. The summed E-state index contributed by atoms with van der Waals surface area (Å²) in [4.78, 5) is 67.4. The third-order valence-corrected chi connectivity index (χ3v) is 13.5. The number of ether oxygens (including phenoxy) is 2. The average molecular weight is 968 g/mol. The molecule has 20 heteroatoms. The molecule has 68 heavy (non-hydrogen) atoms. The molecule has 1 aliphatic heterocycles. The minimum absolute atomic E-state index is 0.0226. The number of quaternary nitrogens is 1. The van der Waals surface area contributed by atoms with E-state index in [1.165, 1.54) is 21.0 Å². The topological polar surface area (TPSA) is 231 Å². The first kappa shape index (κ1) is 51.4. The first-order valence-corrected chi connectivity index (χ1v) is 24.4. The van der Waals surface area contributed by atoms with Crippen molar-refractivity contribution in [2.24, 2.45) is 5.92 Å². The fourth-order valence-electron chi connectivity index (χ4n) is 8.58. The Kier molecular flexibility index (Phi) is 17.7. The normalized spacial score (nSPS) is 17.0. The van der Waals surface area contributed by atoms with Gasteiger partial charge in [-0.3, -0.25) is 19.2 Å². The first-order valence-electron chi connectivity index (χ1n) is 22.8. The standard InChI is InChI=1S/C48H59F2N5O12S/c1-30-24-42(57)66-44-37(30)27-38(49)45(43(44)50)67-68(62,63)29-35(25-33-12-8-5-9-13-33)52-48(60)40(26-34-14-17-36(64-3)18-15-34)54-46(58)31(2)51-47(59)39(19-16-32-10-6-4-7-11-32)53-41(56)28-55(61)20-22-65-23-21-55/h4,6-7,10-11,14-15,17-18,24,27,31,33,35,39-40H,5,8-9,12-13,16,19-23,25-26,28-29H2,1-3H3,(H,51,59)(H,52,60)(H,53,56)(H,54,58)/t31-,35-,39-,40-/m0/s1. The van der Waals surface area contributed by atoms with Crippen molar-refractivity contribution in [1.29, 1.82) is 0 Å². The molecular weight excluding hydrogens is 909 g/mol. The Labute approximate surface area is 393 Å². The van der Waals surface area contributed by atoms with Crippen LogP contribution >= 0.6 is 0 Å². The number of aryl methyl sites for hydroxylation is 2. The lowest BCUT2D eigenvalue weighted by molar-refractivity contribution is -0.880. The van der Waals surface area contributed by atoms with Crippen LogP contribution in [0.4, 0.5) is 8.78 Å². The molecule has 2 fully saturated rings. The molecule has 0 spiro atoms. The molecule has 368 valence electrons. The first-order chi connectivity index (χ1) is 32.4. The van der Waals surface area contributed by atoms with E-state index in [0.29, 0.717) is 17.7 Å². The number of benzene rings is 3. The Morgan fingerprint density at radius 3 is 2.22 bits per heavy atom. The van der Waals surface area contributed by atoms with Crippen LogP contribution in [-0.4, -0.2) is 107 Å². The third-order valence-electron chi connectivity index (χ3n) is 12.3. The van der Waals surface area contributed by atoms with Gasteiger partial charge in [0.25, 0.3) is 5.91 Å². The van der Waals surface area contributed by atoms with Crippen LogP contribution in [0.2, 0.25) is 0 Å². The summed E-state index contributed by atoms with van der Waals surface area (Å²) in [7, 11) is -3.39. The van der Waals surface area contributed by atoms with E-state index in [0.717, 1.165) is 49.8 Å². The fraction of sp³-hybridized carbons (Fsp3) is 0.479. The zero-order chi connectivity index (χ0) is 49.0. The second-order valence-corrected chi connectivity index (χ2v) is 19.3. The maximum atomic E-state index is 15.6. The molecule has 0 bridgehead atoms. The van der Waals surface area contributed by atoms with Gasteiger partial charge in [0.05, 0.1) is 20.3 Å². The number of hydroxylamine groups is 3. The lowest BCUT2D eigenvalue weighted by Crippen LogP contribution is -2.59. The van der Waals surface area contributed by atoms with Crippen LogP contribution in [0.15, 0.2) is 75.9 Å². The summed E-state index contributed by atoms with van der Waals surface area (Å²) in [5, 5.41) is 23.8. The van der Waals surface area contributed by atoms with E-state index in [1.807, 2.05) is 30.3 Å². The van der Waals surface area contributed by atoms with Crippen molar-refractivity contribution in [2.45, 2.75) is 95.8 Å². The largest absolute Gasteiger partial charge is 0.632 e. The predicted octanol–water partition coefficient (Wildman–Crippen LogP) is 4.25. The van der Waals surface area contributed by atoms with Crippen molar-refractivity contribution in [1.82, 2.24) is 21.3 Å². The van der Waals surface area contributed by atoms with Gasteiger partial charge in [-0.2, -0.15) is 12.8 Å². The lowest BCUT2D eigenvalue weighted by Gasteiger charge is -2.44. The Morgan fingerprint density at radius 2 is 1.54 bits per heavy atom. The highest BCUT2D eigenvalue weighted by molar-refractivity contribution is 7.87. The number of nitrogens with zero attached hydrogens (tertiary/aromatic N) is 1. The summed E-state index contributed by atoms with van der Waals surface area (Å²) < 4.78 is 78.0. The number of nitrogens with one attached hydrogen (secondary N) is 4. The van der Waals surface area contributed by atoms with E-state index >= 15 is 8.78 Å². The quantitative estimate of drug-likeness (QED) is 0.0398. The lowest BCUT2D eigenvalue weighted by atomic mass is 9.85. The molecule has 0 unspecified atom stereocenters. The summed E-state index contributed by atoms with van der Waals surface area (Å²) in [6.45, 7) is 2.95. The smallest absolute Gasteiger partial charge is 0.336 e. The van der Waals surface area contributed by atoms with Gasteiger partial charge >= 0.3 is 15.7 Å². The minimum Gasteiger partial charge on any atom is -0.632 e. The molecule has 1 aliphatic carbocycles. The molecule has 2 heterocycles. The molecule has 6 rings (SSSR count). The average Bonchev–Trinajstić information content (AvgIpc) is 3.30. The molecule has 0 radical (unpaired) electrons. The van der Waals surface area contributed by atoms with Gasteiger partial charge in [0.1, 0.15) is 42.7 Å². The van der Waals surface area contributed by atoms with Crippen LogP contribution in [0.3, 0.4) is 0 Å². The molecule has 4 N–H and O–H groups in total. The zero-order valence-electron chi connectivity index (χ0n) is 38.4. The Hall–Kier alpha value is -5.96. The molecular formula is C48H59F2N5O12S. The second kappa shape index (κ2) is 23.4. The number of hydrogen-bond acceptors (Lipinski definition) is 12.